The van der Waals surface area contributed by atoms with Crippen LogP contribution in [-0.4, -0.2) is 19.8 Å². The van der Waals surface area contributed by atoms with Gasteiger partial charge in [0.25, 0.3) is 0 Å². The first kappa shape index (κ1) is 10.0. The van der Waals surface area contributed by atoms with Gasteiger partial charge < -0.3 is 10.5 Å². The summed E-state index contributed by atoms with van der Waals surface area (Å²) < 4.78 is 5.36. The molecule has 1 aliphatic heterocycles. The number of nitrogens with two attached hydrogens (primary N) is 1. The molecule has 2 nitrogen and oxygen atoms in total. The lowest BCUT2D eigenvalue weighted by atomic mass is 9.71. The Morgan fingerprint density at radius 1 is 1.42 bits per heavy atom. The van der Waals surface area contributed by atoms with Crippen molar-refractivity contribution in [2.45, 2.75) is 33.1 Å². The van der Waals surface area contributed by atoms with Crippen molar-refractivity contribution in [2.75, 3.05) is 19.8 Å². The van der Waals surface area contributed by atoms with E-state index in [-0.39, 0.29) is 0 Å². The maximum absolute atomic E-state index is 5.56. The van der Waals surface area contributed by atoms with Crippen LogP contribution in [0.3, 0.4) is 0 Å². The summed E-state index contributed by atoms with van der Waals surface area (Å²) >= 11 is 0. The molecule has 1 atom stereocenters. The zero-order valence-corrected chi connectivity index (χ0v) is 8.31. The van der Waals surface area contributed by atoms with Crippen LogP contribution in [0.5, 0.6) is 0 Å². The number of hydrogen-bond acceptors (Lipinski definition) is 2. The van der Waals surface area contributed by atoms with Crippen molar-refractivity contribution in [1.29, 1.82) is 0 Å². The Kier molecular flexibility index (Phi) is 3.53. The van der Waals surface area contributed by atoms with Crippen molar-refractivity contribution in [1.82, 2.24) is 0 Å². The molecule has 72 valence electrons. The topological polar surface area (TPSA) is 35.2 Å². The quantitative estimate of drug-likeness (QED) is 0.702. The molecule has 0 bridgehead atoms. The lowest BCUT2D eigenvalue weighted by Crippen LogP contribution is -2.33. The first-order chi connectivity index (χ1) is 5.69. The Hall–Kier alpha value is -0.0800. The SMILES string of the molecule is CC(CCN)C1(C)CCOCC1. The fourth-order valence-electron chi connectivity index (χ4n) is 1.93. The maximum atomic E-state index is 5.56. The van der Waals surface area contributed by atoms with E-state index in [4.69, 9.17) is 10.5 Å². The summed E-state index contributed by atoms with van der Waals surface area (Å²) in [6.07, 6.45) is 3.55. The van der Waals surface area contributed by atoms with Crippen molar-refractivity contribution in [3.8, 4) is 0 Å². The average molecular weight is 171 g/mol. The van der Waals surface area contributed by atoms with E-state index >= 15 is 0 Å². The molecule has 1 rings (SSSR count). The highest BCUT2D eigenvalue weighted by molar-refractivity contribution is 4.82. The van der Waals surface area contributed by atoms with Gasteiger partial charge in [-0.15, -0.1) is 0 Å². The van der Waals surface area contributed by atoms with Gasteiger partial charge in [0.15, 0.2) is 0 Å². The Bertz CT molecular complexity index is 130. The molecule has 0 saturated carbocycles. The van der Waals surface area contributed by atoms with Crippen molar-refractivity contribution in [3.63, 3.8) is 0 Å². The third kappa shape index (κ3) is 2.20. The van der Waals surface area contributed by atoms with Crippen LogP contribution in [-0.2, 0) is 4.74 Å². The molecule has 0 aromatic heterocycles. The Morgan fingerprint density at radius 3 is 2.50 bits per heavy atom. The molecule has 0 spiro atoms. The third-order valence-electron chi connectivity index (χ3n) is 3.42. The van der Waals surface area contributed by atoms with Gasteiger partial charge in [-0.3, -0.25) is 0 Å². The molecule has 2 heteroatoms. The Balaban J connectivity index is 2.44. The predicted octanol–water partition coefficient (Wildman–Crippen LogP) is 1.79. The van der Waals surface area contributed by atoms with Gasteiger partial charge in [0, 0.05) is 13.2 Å². The molecular weight excluding hydrogens is 150 g/mol. The zero-order valence-electron chi connectivity index (χ0n) is 8.31. The molecule has 1 saturated heterocycles. The molecule has 0 aromatic carbocycles. The summed E-state index contributed by atoms with van der Waals surface area (Å²) in [5.74, 6) is 0.742. The summed E-state index contributed by atoms with van der Waals surface area (Å²) in [7, 11) is 0. The summed E-state index contributed by atoms with van der Waals surface area (Å²) in [4.78, 5) is 0. The van der Waals surface area contributed by atoms with Crippen LogP contribution in [0.25, 0.3) is 0 Å². The van der Waals surface area contributed by atoms with Gasteiger partial charge in [-0.1, -0.05) is 13.8 Å². The lowest BCUT2D eigenvalue weighted by molar-refractivity contribution is -0.00492. The van der Waals surface area contributed by atoms with Crippen LogP contribution in [0.15, 0.2) is 0 Å². The first-order valence-electron chi connectivity index (χ1n) is 4.97. The van der Waals surface area contributed by atoms with Crippen LogP contribution >= 0.6 is 0 Å². The normalized spacial score (nSPS) is 25.2. The van der Waals surface area contributed by atoms with Crippen LogP contribution < -0.4 is 5.73 Å². The third-order valence-corrected chi connectivity index (χ3v) is 3.42. The molecule has 12 heavy (non-hydrogen) atoms. The number of rotatable bonds is 3. The molecule has 1 heterocycles. The highest BCUT2D eigenvalue weighted by Crippen LogP contribution is 2.38. The monoisotopic (exact) mass is 171 g/mol. The van der Waals surface area contributed by atoms with Gasteiger partial charge in [-0.05, 0) is 37.1 Å². The van der Waals surface area contributed by atoms with E-state index in [2.05, 4.69) is 13.8 Å². The molecule has 0 aromatic rings. The van der Waals surface area contributed by atoms with Crippen LogP contribution in [0.1, 0.15) is 33.1 Å². The maximum Gasteiger partial charge on any atom is 0.0471 e. The summed E-state index contributed by atoms with van der Waals surface area (Å²) in [5.41, 5.74) is 6.05. The highest BCUT2D eigenvalue weighted by atomic mass is 16.5. The Labute approximate surface area is 75.5 Å². The summed E-state index contributed by atoms with van der Waals surface area (Å²) in [5, 5.41) is 0. The highest BCUT2D eigenvalue weighted by Gasteiger charge is 2.32. The van der Waals surface area contributed by atoms with E-state index in [0.29, 0.717) is 5.41 Å². The van der Waals surface area contributed by atoms with E-state index < -0.39 is 0 Å². The molecule has 1 unspecified atom stereocenters. The zero-order chi connectivity index (χ0) is 9.03. The minimum absolute atomic E-state index is 0.484. The van der Waals surface area contributed by atoms with E-state index in [0.717, 1.165) is 32.1 Å². The Morgan fingerprint density at radius 2 is 2.00 bits per heavy atom. The number of hydrogen-bond donors (Lipinski definition) is 1. The van der Waals surface area contributed by atoms with Gasteiger partial charge in [-0.25, -0.2) is 0 Å². The second-order valence-corrected chi connectivity index (χ2v) is 4.24. The van der Waals surface area contributed by atoms with Crippen molar-refractivity contribution in [2.24, 2.45) is 17.1 Å². The average Bonchev–Trinajstić information content (AvgIpc) is 2.06. The molecular formula is C10H21NO. The molecule has 1 fully saturated rings. The lowest BCUT2D eigenvalue weighted by Gasteiger charge is -2.38. The van der Waals surface area contributed by atoms with Gasteiger partial charge in [0.05, 0.1) is 0 Å². The smallest absolute Gasteiger partial charge is 0.0471 e. The van der Waals surface area contributed by atoms with Gasteiger partial charge in [-0.2, -0.15) is 0 Å². The van der Waals surface area contributed by atoms with E-state index in [9.17, 15) is 0 Å². The van der Waals surface area contributed by atoms with Crippen LogP contribution in [0.4, 0.5) is 0 Å². The van der Waals surface area contributed by atoms with Crippen molar-refractivity contribution >= 4 is 0 Å². The largest absolute Gasteiger partial charge is 0.381 e. The standard InChI is InChI=1S/C10H21NO/c1-9(3-6-11)10(2)4-7-12-8-5-10/h9H,3-8,11H2,1-2H3. The van der Waals surface area contributed by atoms with Gasteiger partial charge in [0.1, 0.15) is 0 Å². The second-order valence-electron chi connectivity index (χ2n) is 4.24. The summed E-state index contributed by atoms with van der Waals surface area (Å²) in [6.45, 7) is 7.38. The molecule has 0 radical (unpaired) electrons. The fourth-order valence-corrected chi connectivity index (χ4v) is 1.93. The summed E-state index contributed by atoms with van der Waals surface area (Å²) in [6, 6.07) is 0. The minimum Gasteiger partial charge on any atom is -0.381 e. The van der Waals surface area contributed by atoms with Crippen LogP contribution in [0, 0.1) is 11.3 Å². The van der Waals surface area contributed by atoms with Gasteiger partial charge >= 0.3 is 0 Å². The van der Waals surface area contributed by atoms with E-state index in [1.165, 1.54) is 12.8 Å². The molecule has 1 aliphatic rings. The number of ether oxygens (including phenoxy) is 1. The minimum atomic E-state index is 0.484. The van der Waals surface area contributed by atoms with Crippen molar-refractivity contribution in [3.05, 3.63) is 0 Å². The van der Waals surface area contributed by atoms with E-state index in [1.54, 1.807) is 0 Å². The first-order valence-corrected chi connectivity index (χ1v) is 4.97. The van der Waals surface area contributed by atoms with Gasteiger partial charge in [0.2, 0.25) is 0 Å². The van der Waals surface area contributed by atoms with Crippen molar-refractivity contribution < 1.29 is 4.74 Å². The second kappa shape index (κ2) is 4.24. The fraction of sp³-hybridized carbons (Fsp3) is 1.00. The predicted molar refractivity (Wildman–Crippen MR) is 51.0 cm³/mol. The molecule has 0 amide bonds. The van der Waals surface area contributed by atoms with E-state index in [1.807, 2.05) is 0 Å². The molecule has 0 aliphatic carbocycles. The van der Waals surface area contributed by atoms with Crippen LogP contribution in [0.2, 0.25) is 0 Å². The molecule has 2 N–H and O–H groups in total.